The number of esters is 1. The van der Waals surface area contributed by atoms with Gasteiger partial charge in [0.15, 0.2) is 5.41 Å². The summed E-state index contributed by atoms with van der Waals surface area (Å²) >= 11 is 0. The molecule has 1 atom stereocenters. The van der Waals surface area contributed by atoms with Crippen LogP contribution in [0.1, 0.15) is 12.5 Å². The van der Waals surface area contributed by atoms with Crippen molar-refractivity contribution in [2.45, 2.75) is 12.3 Å². The number of para-hydroxylation sites is 1. The first-order valence-electron chi connectivity index (χ1n) is 7.85. The summed E-state index contributed by atoms with van der Waals surface area (Å²) in [6, 6.07) is 8.91. The molecule has 3 rings (SSSR count). The zero-order valence-corrected chi connectivity index (χ0v) is 14.4. The molecule has 0 saturated carbocycles. The van der Waals surface area contributed by atoms with Gasteiger partial charge in [0.2, 0.25) is 11.8 Å². The van der Waals surface area contributed by atoms with Gasteiger partial charge >= 0.3 is 5.97 Å². The second-order valence-corrected chi connectivity index (χ2v) is 5.85. The second-order valence-electron chi connectivity index (χ2n) is 5.85. The van der Waals surface area contributed by atoms with Gasteiger partial charge in [0.05, 0.1) is 7.11 Å². The van der Waals surface area contributed by atoms with E-state index in [4.69, 9.17) is 15.2 Å². The molecule has 0 bridgehead atoms. The van der Waals surface area contributed by atoms with Crippen molar-refractivity contribution >= 4 is 17.6 Å². The topological polar surface area (TPSA) is 106 Å². The molecule has 2 heterocycles. The van der Waals surface area contributed by atoms with Crippen LogP contribution in [-0.4, -0.2) is 25.5 Å². The number of carbonyl (C=O) groups excluding carboxylic acids is 2. The van der Waals surface area contributed by atoms with E-state index in [1.54, 1.807) is 30.3 Å². The van der Waals surface area contributed by atoms with Gasteiger partial charge in [-0.05, 0) is 13.0 Å². The largest absolute Gasteiger partial charge is 0.466 e. The van der Waals surface area contributed by atoms with Gasteiger partial charge in [0.1, 0.15) is 23.0 Å². The molecule has 0 saturated heterocycles. The number of hydrogen-bond acceptors (Lipinski definition) is 6. The highest BCUT2D eigenvalue weighted by Gasteiger charge is 2.61. The first kappa shape index (κ1) is 17.3. The molecular formula is C19H17N3O4. The molecule has 0 aliphatic carbocycles. The van der Waals surface area contributed by atoms with Crippen LogP contribution in [0.2, 0.25) is 0 Å². The molecule has 0 unspecified atom stereocenters. The third-order valence-electron chi connectivity index (χ3n) is 4.59. The molecule has 7 heteroatoms. The Bertz CT molecular complexity index is 938. The summed E-state index contributed by atoms with van der Waals surface area (Å²) in [7, 11) is 1.21. The Hall–Kier alpha value is -3.53. The van der Waals surface area contributed by atoms with Crippen LogP contribution in [0.3, 0.4) is 0 Å². The highest BCUT2D eigenvalue weighted by Crippen LogP contribution is 2.53. The Balaban J connectivity index is 2.46. The minimum Gasteiger partial charge on any atom is -0.466 e. The maximum absolute atomic E-state index is 13.6. The number of benzene rings is 1. The maximum atomic E-state index is 13.6. The molecule has 132 valence electrons. The number of fused-ring (bicyclic) bond motifs is 2. The zero-order chi connectivity index (χ0) is 19.1. The van der Waals surface area contributed by atoms with Crippen LogP contribution >= 0.6 is 0 Å². The number of amides is 1. The molecule has 2 N–H and O–H groups in total. The van der Waals surface area contributed by atoms with E-state index in [-0.39, 0.29) is 29.3 Å². The van der Waals surface area contributed by atoms with E-state index < -0.39 is 17.3 Å². The van der Waals surface area contributed by atoms with Crippen molar-refractivity contribution in [3.63, 3.8) is 0 Å². The van der Waals surface area contributed by atoms with Crippen molar-refractivity contribution in [3.05, 3.63) is 65.3 Å². The van der Waals surface area contributed by atoms with Crippen molar-refractivity contribution < 1.29 is 19.1 Å². The van der Waals surface area contributed by atoms with Gasteiger partial charge in [0, 0.05) is 17.8 Å². The molecule has 0 radical (unpaired) electrons. The van der Waals surface area contributed by atoms with Gasteiger partial charge in [-0.15, -0.1) is 6.58 Å². The third kappa shape index (κ3) is 1.99. The molecule has 1 aromatic carbocycles. The minimum absolute atomic E-state index is 0.0465. The van der Waals surface area contributed by atoms with E-state index in [1.165, 1.54) is 18.9 Å². The molecule has 2 aliphatic heterocycles. The lowest BCUT2D eigenvalue weighted by Gasteiger charge is -2.34. The average molecular weight is 351 g/mol. The van der Waals surface area contributed by atoms with E-state index in [1.807, 2.05) is 6.07 Å². The van der Waals surface area contributed by atoms with Crippen molar-refractivity contribution in [3.8, 4) is 6.07 Å². The smallest absolute Gasteiger partial charge is 0.339 e. The van der Waals surface area contributed by atoms with Gasteiger partial charge in [-0.1, -0.05) is 24.3 Å². The fourth-order valence-electron chi connectivity index (χ4n) is 3.63. The SMILES string of the molecule is C=CCN1C(=O)[C@@]2(C(C#N)=C(N)OC(C)=C2C(=O)OC)c2ccccc21. The number of nitrogens with two attached hydrogens (primary N) is 1. The van der Waals surface area contributed by atoms with Gasteiger partial charge in [-0.25, -0.2) is 4.79 Å². The Morgan fingerprint density at radius 1 is 1.50 bits per heavy atom. The van der Waals surface area contributed by atoms with Crippen LogP contribution in [0.4, 0.5) is 5.69 Å². The lowest BCUT2D eigenvalue weighted by atomic mass is 9.68. The number of nitriles is 1. The monoisotopic (exact) mass is 351 g/mol. The van der Waals surface area contributed by atoms with E-state index in [0.717, 1.165) is 0 Å². The van der Waals surface area contributed by atoms with E-state index in [9.17, 15) is 14.9 Å². The summed E-state index contributed by atoms with van der Waals surface area (Å²) in [5, 5.41) is 9.77. The molecule has 7 nitrogen and oxygen atoms in total. The lowest BCUT2D eigenvalue weighted by Crippen LogP contribution is -2.48. The summed E-state index contributed by atoms with van der Waals surface area (Å²) in [5.41, 5.74) is 5.11. The number of anilines is 1. The Kier molecular flexibility index (Phi) is 4.04. The summed E-state index contributed by atoms with van der Waals surface area (Å²) < 4.78 is 10.3. The van der Waals surface area contributed by atoms with Gasteiger partial charge in [0.25, 0.3) is 0 Å². The first-order valence-corrected chi connectivity index (χ1v) is 7.85. The average Bonchev–Trinajstić information content (AvgIpc) is 2.86. The van der Waals surface area contributed by atoms with Gasteiger partial charge < -0.3 is 20.1 Å². The maximum Gasteiger partial charge on any atom is 0.339 e. The number of methoxy groups -OCH3 is 1. The summed E-state index contributed by atoms with van der Waals surface area (Å²) in [5.74, 6) is -1.31. The Morgan fingerprint density at radius 3 is 2.81 bits per heavy atom. The van der Waals surface area contributed by atoms with Gasteiger partial charge in [-0.2, -0.15) is 5.26 Å². The Morgan fingerprint density at radius 2 is 2.19 bits per heavy atom. The van der Waals surface area contributed by atoms with Crippen molar-refractivity contribution in [2.24, 2.45) is 5.73 Å². The summed E-state index contributed by atoms with van der Waals surface area (Å²) in [4.78, 5) is 27.6. The first-order chi connectivity index (χ1) is 12.4. The predicted molar refractivity (Wildman–Crippen MR) is 93.3 cm³/mol. The van der Waals surface area contributed by atoms with E-state index >= 15 is 0 Å². The number of nitrogens with zero attached hydrogens (tertiary/aromatic N) is 2. The fourth-order valence-corrected chi connectivity index (χ4v) is 3.63. The number of carbonyl (C=O) groups is 2. The highest BCUT2D eigenvalue weighted by atomic mass is 16.5. The number of rotatable bonds is 3. The van der Waals surface area contributed by atoms with Crippen LogP contribution < -0.4 is 10.6 Å². The lowest BCUT2D eigenvalue weighted by molar-refractivity contribution is -0.138. The fraction of sp³-hybridized carbons (Fsp3) is 0.211. The Labute approximate surface area is 150 Å². The number of ether oxygens (including phenoxy) is 2. The molecule has 0 fully saturated rings. The third-order valence-corrected chi connectivity index (χ3v) is 4.59. The number of allylic oxidation sites excluding steroid dienone is 1. The quantitative estimate of drug-likeness (QED) is 0.655. The van der Waals surface area contributed by atoms with Gasteiger partial charge in [-0.3, -0.25) is 4.79 Å². The highest BCUT2D eigenvalue weighted by molar-refractivity contribution is 6.18. The summed E-state index contributed by atoms with van der Waals surface area (Å²) in [6.45, 7) is 5.41. The molecule has 0 aromatic heterocycles. The minimum atomic E-state index is -1.70. The standard InChI is InChI=1S/C19H17N3O4/c1-4-9-22-14-8-6-5-7-12(14)19(18(22)24)13(10-20)16(21)26-11(2)15(19)17(23)25-3/h4-8H,1,9,21H2,2-3H3/t19-/m1/s1. The van der Waals surface area contributed by atoms with Crippen LogP contribution in [0.15, 0.2) is 59.7 Å². The van der Waals surface area contributed by atoms with Crippen LogP contribution in [0.5, 0.6) is 0 Å². The van der Waals surface area contributed by atoms with Crippen molar-refractivity contribution in [1.29, 1.82) is 5.26 Å². The van der Waals surface area contributed by atoms with Crippen LogP contribution in [0.25, 0.3) is 0 Å². The molecule has 1 spiro atoms. The normalized spacial score (nSPS) is 21.4. The molecule has 2 aliphatic rings. The van der Waals surface area contributed by atoms with E-state index in [0.29, 0.717) is 11.3 Å². The van der Waals surface area contributed by atoms with E-state index in [2.05, 4.69) is 6.58 Å². The molecule has 1 amide bonds. The second kappa shape index (κ2) is 6.08. The number of hydrogen-bond donors (Lipinski definition) is 1. The van der Waals surface area contributed by atoms with Crippen molar-refractivity contribution in [2.75, 3.05) is 18.6 Å². The molecule has 26 heavy (non-hydrogen) atoms. The van der Waals surface area contributed by atoms with Crippen molar-refractivity contribution in [1.82, 2.24) is 0 Å². The zero-order valence-electron chi connectivity index (χ0n) is 14.4. The summed E-state index contributed by atoms with van der Waals surface area (Å²) in [6.07, 6.45) is 1.57. The predicted octanol–water partition coefficient (Wildman–Crippen LogP) is 1.63. The van der Waals surface area contributed by atoms with Crippen LogP contribution in [-0.2, 0) is 24.5 Å². The van der Waals surface area contributed by atoms with Crippen LogP contribution in [0, 0.1) is 11.3 Å². The molecular weight excluding hydrogens is 334 g/mol. The molecule has 1 aromatic rings.